The van der Waals surface area contributed by atoms with E-state index < -0.39 is 24.2 Å². The van der Waals surface area contributed by atoms with Crippen molar-refractivity contribution in [1.29, 1.82) is 5.26 Å². The van der Waals surface area contributed by atoms with Gasteiger partial charge in [0.2, 0.25) is 0 Å². The van der Waals surface area contributed by atoms with E-state index >= 15 is 4.39 Å². The first-order valence-electron chi connectivity index (χ1n) is 15.1. The number of fused-ring (bicyclic) bond motifs is 5. The van der Waals surface area contributed by atoms with Gasteiger partial charge in [-0.15, -0.1) is 11.3 Å². The van der Waals surface area contributed by atoms with Crippen LogP contribution < -0.4 is 20.7 Å². The molecule has 3 N–H and O–H groups in total. The first-order chi connectivity index (χ1) is 21.4. The second-order valence-corrected chi connectivity index (χ2v) is 13.5. The molecule has 1 aromatic carbocycles. The molecule has 7 heterocycles. The van der Waals surface area contributed by atoms with Crippen LogP contribution in [0.4, 0.5) is 24.0 Å². The molecule has 0 saturated carbocycles. The van der Waals surface area contributed by atoms with E-state index in [1.165, 1.54) is 12.1 Å². The lowest BCUT2D eigenvalue weighted by Gasteiger charge is -2.34. The van der Waals surface area contributed by atoms with E-state index in [-0.39, 0.29) is 39.1 Å². The Morgan fingerprint density at radius 1 is 1.20 bits per heavy atom. The molecule has 228 valence electrons. The molecule has 0 radical (unpaired) electrons. The molecule has 4 aliphatic rings. The highest BCUT2D eigenvalue weighted by Crippen LogP contribution is 2.44. The molecule has 0 aliphatic carbocycles. The number of alkyl halides is 2. The SMILES string of the molecule is N#Cc1c(N)sc2c(F)ccc(-c3ncc4c(N5CC6CCC(C5)N6)nc(OC[C@@]56CCCN5C[C@H](F)C6)nc4c3CF)c12. The third-order valence-corrected chi connectivity index (χ3v) is 10.9. The predicted molar refractivity (Wildman–Crippen MR) is 163 cm³/mol. The molecule has 3 aromatic heterocycles. The third-order valence-electron chi connectivity index (χ3n) is 9.87. The Morgan fingerprint density at radius 2 is 2.02 bits per heavy atom. The summed E-state index contributed by atoms with van der Waals surface area (Å²) in [7, 11) is 0. The number of nitrogens with zero attached hydrogens (tertiary/aromatic N) is 6. The smallest absolute Gasteiger partial charge is 0.319 e. The zero-order valence-corrected chi connectivity index (χ0v) is 24.8. The van der Waals surface area contributed by atoms with Crippen molar-refractivity contribution in [1.82, 2.24) is 25.2 Å². The van der Waals surface area contributed by atoms with Gasteiger partial charge in [-0.25, -0.2) is 13.2 Å². The highest BCUT2D eigenvalue weighted by atomic mass is 32.1. The van der Waals surface area contributed by atoms with Crippen LogP contribution in [0.2, 0.25) is 0 Å². The van der Waals surface area contributed by atoms with E-state index in [0.717, 1.165) is 56.7 Å². The van der Waals surface area contributed by atoms with Crippen LogP contribution in [0.15, 0.2) is 18.3 Å². The number of nitrogens with one attached hydrogen (secondary N) is 1. The summed E-state index contributed by atoms with van der Waals surface area (Å²) in [6, 6.07) is 5.62. The van der Waals surface area contributed by atoms with Gasteiger partial charge in [0.15, 0.2) is 0 Å². The number of pyridine rings is 1. The van der Waals surface area contributed by atoms with E-state index in [2.05, 4.69) is 21.2 Å². The molecule has 4 fully saturated rings. The van der Waals surface area contributed by atoms with E-state index in [0.29, 0.717) is 52.7 Å². The van der Waals surface area contributed by atoms with Crippen molar-refractivity contribution in [2.75, 3.05) is 43.4 Å². The number of rotatable bonds is 6. The van der Waals surface area contributed by atoms with Gasteiger partial charge in [0.1, 0.15) is 42.2 Å². The van der Waals surface area contributed by atoms with Gasteiger partial charge >= 0.3 is 6.01 Å². The lowest BCUT2D eigenvalue weighted by Crippen LogP contribution is -2.51. The maximum absolute atomic E-state index is 15.2. The largest absolute Gasteiger partial charge is 0.461 e. The minimum absolute atomic E-state index is 0.107. The number of ether oxygens (including phenoxy) is 1. The summed E-state index contributed by atoms with van der Waals surface area (Å²) in [5, 5.41) is 14.6. The van der Waals surface area contributed by atoms with Crippen molar-refractivity contribution in [3.8, 4) is 23.3 Å². The molecule has 4 aliphatic heterocycles. The molecule has 4 saturated heterocycles. The molecule has 0 spiro atoms. The summed E-state index contributed by atoms with van der Waals surface area (Å²) in [6.07, 6.45) is 5.10. The maximum Gasteiger partial charge on any atom is 0.319 e. The Morgan fingerprint density at radius 3 is 2.80 bits per heavy atom. The molecule has 2 unspecified atom stereocenters. The fraction of sp³-hybridized carbons (Fsp3) is 0.484. The topological polar surface area (TPSA) is 116 Å². The molecule has 2 bridgehead atoms. The summed E-state index contributed by atoms with van der Waals surface area (Å²) >= 11 is 0.981. The summed E-state index contributed by atoms with van der Waals surface area (Å²) in [4.78, 5) is 18.7. The van der Waals surface area contributed by atoms with Crippen LogP contribution in [0.1, 0.15) is 43.2 Å². The van der Waals surface area contributed by atoms with Gasteiger partial charge in [-0.2, -0.15) is 15.2 Å². The lowest BCUT2D eigenvalue weighted by atomic mass is 9.95. The van der Waals surface area contributed by atoms with Crippen molar-refractivity contribution in [3.63, 3.8) is 0 Å². The minimum Gasteiger partial charge on any atom is -0.461 e. The summed E-state index contributed by atoms with van der Waals surface area (Å²) in [5.74, 6) is 0.107. The van der Waals surface area contributed by atoms with E-state index in [1.807, 2.05) is 0 Å². The Balaban J connectivity index is 1.28. The number of anilines is 2. The number of halogens is 3. The molecule has 4 aromatic rings. The lowest BCUT2D eigenvalue weighted by molar-refractivity contribution is 0.107. The molecule has 44 heavy (non-hydrogen) atoms. The molecular weight excluding hydrogens is 589 g/mol. The van der Waals surface area contributed by atoms with Crippen molar-refractivity contribution in [3.05, 3.63) is 35.3 Å². The predicted octanol–water partition coefficient (Wildman–Crippen LogP) is 4.86. The van der Waals surface area contributed by atoms with Crippen LogP contribution in [0, 0.1) is 17.1 Å². The van der Waals surface area contributed by atoms with Gasteiger partial charge in [-0.1, -0.05) is 0 Å². The van der Waals surface area contributed by atoms with Gasteiger partial charge in [-0.3, -0.25) is 9.88 Å². The Hall–Kier alpha value is -3.73. The Kier molecular flexibility index (Phi) is 6.59. The van der Waals surface area contributed by atoms with E-state index in [1.54, 1.807) is 6.20 Å². The zero-order valence-electron chi connectivity index (χ0n) is 24.0. The average molecular weight is 621 g/mol. The summed E-state index contributed by atoms with van der Waals surface area (Å²) in [5.41, 5.74) is 7.02. The number of benzene rings is 1. The van der Waals surface area contributed by atoms with Crippen LogP contribution in [-0.2, 0) is 6.67 Å². The van der Waals surface area contributed by atoms with Crippen LogP contribution in [-0.4, -0.2) is 76.4 Å². The number of aromatic nitrogens is 3. The highest BCUT2D eigenvalue weighted by Gasteiger charge is 2.49. The number of thiophene rings is 1. The molecule has 9 nitrogen and oxygen atoms in total. The number of piperazine rings is 1. The number of nitriles is 1. The summed E-state index contributed by atoms with van der Waals surface area (Å²) in [6.45, 7) is 2.03. The molecule has 13 heteroatoms. The number of hydrogen-bond acceptors (Lipinski definition) is 10. The molecular formula is C31H31F3N8OS. The van der Waals surface area contributed by atoms with Crippen LogP contribution in [0.5, 0.6) is 6.01 Å². The monoisotopic (exact) mass is 620 g/mol. The van der Waals surface area contributed by atoms with Crippen molar-refractivity contribution in [2.24, 2.45) is 0 Å². The number of hydrogen-bond donors (Lipinski definition) is 2. The molecule has 8 rings (SSSR count). The second-order valence-electron chi connectivity index (χ2n) is 12.5. The second kappa shape index (κ2) is 10.4. The third kappa shape index (κ3) is 4.29. The van der Waals surface area contributed by atoms with Gasteiger partial charge in [-0.05, 0) is 44.4 Å². The van der Waals surface area contributed by atoms with E-state index in [4.69, 9.17) is 25.4 Å². The van der Waals surface area contributed by atoms with Gasteiger partial charge < -0.3 is 20.7 Å². The van der Waals surface area contributed by atoms with Crippen LogP contribution >= 0.6 is 11.3 Å². The Labute approximate surface area is 255 Å². The van der Waals surface area contributed by atoms with Gasteiger partial charge in [0.05, 0.1) is 32.4 Å². The van der Waals surface area contributed by atoms with Gasteiger partial charge in [0, 0.05) is 60.8 Å². The Bertz CT molecular complexity index is 1830. The van der Waals surface area contributed by atoms with Crippen LogP contribution in [0.25, 0.3) is 32.2 Å². The highest BCUT2D eigenvalue weighted by molar-refractivity contribution is 7.23. The normalized spacial score (nSPS) is 26.5. The molecule has 0 amide bonds. The fourth-order valence-electron chi connectivity index (χ4n) is 7.89. The van der Waals surface area contributed by atoms with Crippen molar-refractivity contribution in [2.45, 2.75) is 62.6 Å². The number of nitrogen functional groups attached to an aromatic ring is 1. The van der Waals surface area contributed by atoms with E-state index in [9.17, 15) is 14.0 Å². The van der Waals surface area contributed by atoms with Gasteiger partial charge in [0.25, 0.3) is 0 Å². The quantitative estimate of drug-likeness (QED) is 0.312. The standard InChI is InChI=1S/C31H31F3N8OS/c32-9-20-25(19-4-5-23(34)27-24(19)21(10-35)28(36)44-27)37-11-22-26(20)39-30(40-29(22)41-13-17-2-3-18(14-41)38-17)43-15-31-6-1-7-42(31)12-16(33)8-31/h4-5,11,16-18,38H,1-3,6-9,12-15,36H2/t16-,17?,18?,31+/m1/s1. The van der Waals surface area contributed by atoms with Crippen LogP contribution in [0.3, 0.4) is 0 Å². The zero-order chi connectivity index (χ0) is 30.2. The van der Waals surface area contributed by atoms with Crippen molar-refractivity contribution >= 4 is 43.1 Å². The first-order valence-corrected chi connectivity index (χ1v) is 15.9. The fourth-order valence-corrected chi connectivity index (χ4v) is 8.83. The average Bonchev–Trinajstić information content (AvgIpc) is 3.75. The van der Waals surface area contributed by atoms with Crippen molar-refractivity contribution < 1.29 is 17.9 Å². The number of nitrogens with two attached hydrogens (primary N) is 1. The summed E-state index contributed by atoms with van der Waals surface area (Å²) < 4.78 is 51.0. The maximum atomic E-state index is 15.2. The first kappa shape index (κ1) is 27.8. The molecule has 4 atom stereocenters. The minimum atomic E-state index is -0.913.